The minimum atomic E-state index is -1.01. The van der Waals surface area contributed by atoms with Gasteiger partial charge in [0.15, 0.2) is 5.82 Å². The van der Waals surface area contributed by atoms with Gasteiger partial charge in [0, 0.05) is 14.2 Å². The number of anilines is 1. The number of aromatic carboxylic acids is 1. The van der Waals surface area contributed by atoms with Gasteiger partial charge in [-0.05, 0) is 13.0 Å². The molecule has 1 N–H and O–H groups in total. The molecule has 0 bridgehead atoms. The van der Waals surface area contributed by atoms with Crippen molar-refractivity contribution < 1.29 is 14.6 Å². The molecule has 0 radical (unpaired) electrons. The van der Waals surface area contributed by atoms with Gasteiger partial charge in [0.25, 0.3) is 0 Å². The van der Waals surface area contributed by atoms with Crippen molar-refractivity contribution in [2.45, 2.75) is 13.0 Å². The number of ether oxygens (including phenoxy) is 1. The second-order valence-electron chi connectivity index (χ2n) is 3.49. The van der Waals surface area contributed by atoms with Crippen molar-refractivity contribution in [3.8, 4) is 0 Å². The molecule has 16 heavy (non-hydrogen) atoms. The van der Waals surface area contributed by atoms with E-state index in [9.17, 15) is 4.79 Å². The van der Waals surface area contributed by atoms with E-state index in [1.165, 1.54) is 12.3 Å². The molecule has 0 saturated carbocycles. The molecule has 0 amide bonds. The van der Waals surface area contributed by atoms with Crippen LogP contribution in [0.5, 0.6) is 0 Å². The van der Waals surface area contributed by atoms with Crippen LogP contribution in [0.1, 0.15) is 17.3 Å². The van der Waals surface area contributed by atoms with Crippen molar-refractivity contribution in [2.75, 3.05) is 25.7 Å². The number of carbonyl (C=O) groups is 1. The van der Waals surface area contributed by atoms with E-state index in [4.69, 9.17) is 9.84 Å². The maximum Gasteiger partial charge on any atom is 0.339 e. The topological polar surface area (TPSA) is 75.5 Å². The van der Waals surface area contributed by atoms with E-state index < -0.39 is 5.97 Å². The molecule has 1 rings (SSSR count). The molecule has 1 aromatic rings. The molecule has 1 aromatic heterocycles. The first-order valence-corrected chi connectivity index (χ1v) is 4.84. The first kappa shape index (κ1) is 12.4. The number of methoxy groups -OCH3 is 1. The molecule has 0 aliphatic rings. The summed E-state index contributed by atoms with van der Waals surface area (Å²) in [5, 5.41) is 16.5. The second-order valence-corrected chi connectivity index (χ2v) is 3.49. The number of hydrogen-bond donors (Lipinski definition) is 1. The Kier molecular flexibility index (Phi) is 4.19. The van der Waals surface area contributed by atoms with Crippen LogP contribution in [0, 0.1) is 0 Å². The van der Waals surface area contributed by atoms with E-state index in [1.54, 1.807) is 19.1 Å². The van der Waals surface area contributed by atoms with Crippen LogP contribution in [0.3, 0.4) is 0 Å². The number of carboxylic acid groups (broad SMARTS) is 1. The Morgan fingerprint density at radius 2 is 2.38 bits per heavy atom. The lowest BCUT2D eigenvalue weighted by Crippen LogP contribution is -2.34. The van der Waals surface area contributed by atoms with Crippen molar-refractivity contribution in [1.29, 1.82) is 0 Å². The predicted molar refractivity (Wildman–Crippen MR) is 58.7 cm³/mol. The number of likely N-dealkylation sites (N-methyl/N-ethyl adjacent to an activating group) is 1. The fourth-order valence-corrected chi connectivity index (χ4v) is 1.31. The van der Waals surface area contributed by atoms with Gasteiger partial charge in [0.05, 0.1) is 18.8 Å². The third kappa shape index (κ3) is 2.66. The third-order valence-electron chi connectivity index (χ3n) is 2.33. The zero-order chi connectivity index (χ0) is 12.1. The zero-order valence-electron chi connectivity index (χ0n) is 9.54. The van der Waals surface area contributed by atoms with Gasteiger partial charge in [-0.3, -0.25) is 0 Å². The fourth-order valence-electron chi connectivity index (χ4n) is 1.31. The Hall–Kier alpha value is -1.69. The SMILES string of the molecule is COCC(C)N(C)c1nnccc1C(=O)O. The summed E-state index contributed by atoms with van der Waals surface area (Å²) in [4.78, 5) is 12.7. The van der Waals surface area contributed by atoms with Crippen molar-refractivity contribution in [1.82, 2.24) is 10.2 Å². The first-order chi connectivity index (χ1) is 7.57. The molecular weight excluding hydrogens is 210 g/mol. The maximum atomic E-state index is 11.0. The standard InChI is InChI=1S/C10H15N3O3/c1-7(6-16-3)13(2)9-8(10(14)15)4-5-11-12-9/h4-5,7H,6H2,1-3H3,(H,14,15). The third-order valence-corrected chi connectivity index (χ3v) is 2.33. The quantitative estimate of drug-likeness (QED) is 0.792. The molecule has 0 saturated heterocycles. The summed E-state index contributed by atoms with van der Waals surface area (Å²) in [6.07, 6.45) is 1.36. The van der Waals surface area contributed by atoms with Crippen LogP contribution in [-0.2, 0) is 4.74 Å². The van der Waals surface area contributed by atoms with Crippen molar-refractivity contribution in [2.24, 2.45) is 0 Å². The highest BCUT2D eigenvalue weighted by atomic mass is 16.5. The molecule has 0 spiro atoms. The monoisotopic (exact) mass is 225 g/mol. The van der Waals surface area contributed by atoms with E-state index in [-0.39, 0.29) is 11.6 Å². The van der Waals surface area contributed by atoms with Gasteiger partial charge in [-0.1, -0.05) is 0 Å². The molecule has 6 heteroatoms. The van der Waals surface area contributed by atoms with E-state index >= 15 is 0 Å². The second kappa shape index (κ2) is 5.41. The summed E-state index contributed by atoms with van der Waals surface area (Å²) in [5.74, 6) is -0.666. The minimum absolute atomic E-state index is 0.0276. The van der Waals surface area contributed by atoms with Crippen LogP contribution in [-0.4, -0.2) is 48.1 Å². The highest BCUT2D eigenvalue weighted by Crippen LogP contribution is 2.16. The van der Waals surface area contributed by atoms with E-state index in [1.807, 2.05) is 6.92 Å². The normalized spacial score (nSPS) is 12.2. The number of carboxylic acids is 1. The van der Waals surface area contributed by atoms with E-state index in [0.29, 0.717) is 12.4 Å². The molecule has 1 atom stereocenters. The van der Waals surface area contributed by atoms with E-state index in [0.717, 1.165) is 0 Å². The smallest absolute Gasteiger partial charge is 0.339 e. The van der Waals surface area contributed by atoms with Crippen molar-refractivity contribution >= 4 is 11.8 Å². The Morgan fingerprint density at radius 3 is 2.94 bits per heavy atom. The Bertz CT molecular complexity index is 370. The Balaban J connectivity index is 2.98. The molecule has 6 nitrogen and oxygen atoms in total. The van der Waals surface area contributed by atoms with Crippen LogP contribution in [0.4, 0.5) is 5.82 Å². The van der Waals surface area contributed by atoms with Crippen LogP contribution in [0.2, 0.25) is 0 Å². The lowest BCUT2D eigenvalue weighted by Gasteiger charge is -2.25. The van der Waals surface area contributed by atoms with Crippen LogP contribution in [0.15, 0.2) is 12.3 Å². The van der Waals surface area contributed by atoms with Crippen LogP contribution in [0.25, 0.3) is 0 Å². The highest BCUT2D eigenvalue weighted by Gasteiger charge is 2.18. The lowest BCUT2D eigenvalue weighted by atomic mass is 10.2. The first-order valence-electron chi connectivity index (χ1n) is 4.84. The van der Waals surface area contributed by atoms with Crippen molar-refractivity contribution in [3.05, 3.63) is 17.8 Å². The molecule has 1 unspecified atom stereocenters. The predicted octanol–water partition coefficient (Wildman–Crippen LogP) is 0.646. The van der Waals surface area contributed by atoms with E-state index in [2.05, 4.69) is 10.2 Å². The summed E-state index contributed by atoms with van der Waals surface area (Å²) in [6, 6.07) is 1.46. The average Bonchev–Trinajstić information content (AvgIpc) is 2.28. The van der Waals surface area contributed by atoms with Gasteiger partial charge in [-0.25, -0.2) is 4.79 Å². The largest absolute Gasteiger partial charge is 0.478 e. The molecule has 0 fully saturated rings. The van der Waals surface area contributed by atoms with Gasteiger partial charge >= 0.3 is 5.97 Å². The summed E-state index contributed by atoms with van der Waals surface area (Å²) in [5.41, 5.74) is 0.139. The molecule has 88 valence electrons. The van der Waals surface area contributed by atoms with Crippen LogP contribution >= 0.6 is 0 Å². The number of rotatable bonds is 5. The lowest BCUT2D eigenvalue weighted by molar-refractivity contribution is 0.0696. The van der Waals surface area contributed by atoms with Gasteiger partial charge in [0.1, 0.15) is 5.56 Å². The Morgan fingerprint density at radius 1 is 1.69 bits per heavy atom. The highest BCUT2D eigenvalue weighted by molar-refractivity contribution is 5.93. The van der Waals surface area contributed by atoms with Gasteiger partial charge in [-0.15, -0.1) is 5.10 Å². The molecule has 1 heterocycles. The van der Waals surface area contributed by atoms with Crippen LogP contribution < -0.4 is 4.90 Å². The maximum absolute atomic E-state index is 11.0. The summed E-state index contributed by atoms with van der Waals surface area (Å²) >= 11 is 0. The average molecular weight is 225 g/mol. The van der Waals surface area contributed by atoms with Gasteiger partial charge in [-0.2, -0.15) is 5.10 Å². The molecule has 0 aromatic carbocycles. The summed E-state index contributed by atoms with van der Waals surface area (Å²) in [6.45, 7) is 2.41. The molecule has 0 aliphatic heterocycles. The summed E-state index contributed by atoms with van der Waals surface area (Å²) < 4.78 is 5.01. The molecule has 0 aliphatic carbocycles. The zero-order valence-corrected chi connectivity index (χ0v) is 9.54. The Labute approximate surface area is 93.9 Å². The molecular formula is C10H15N3O3. The number of hydrogen-bond acceptors (Lipinski definition) is 5. The summed E-state index contributed by atoms with van der Waals surface area (Å²) in [7, 11) is 3.36. The fraction of sp³-hybridized carbons (Fsp3) is 0.500. The number of aromatic nitrogens is 2. The van der Waals surface area contributed by atoms with Gasteiger partial charge in [0.2, 0.25) is 0 Å². The minimum Gasteiger partial charge on any atom is -0.478 e. The van der Waals surface area contributed by atoms with Crippen molar-refractivity contribution in [3.63, 3.8) is 0 Å². The number of nitrogens with zero attached hydrogens (tertiary/aromatic N) is 3. The van der Waals surface area contributed by atoms with Gasteiger partial charge < -0.3 is 14.7 Å².